The molecule has 1 fully saturated rings. The van der Waals surface area contributed by atoms with Crippen molar-refractivity contribution in [2.45, 2.75) is 18.9 Å². The summed E-state index contributed by atoms with van der Waals surface area (Å²) in [6, 6.07) is 0. The minimum atomic E-state index is -2.95. The Morgan fingerprint density at radius 2 is 2.33 bits per heavy atom. The van der Waals surface area contributed by atoms with E-state index in [-0.39, 0.29) is 11.5 Å². The van der Waals surface area contributed by atoms with Gasteiger partial charge in [0, 0.05) is 6.20 Å². The molecule has 0 unspecified atom stereocenters. The molecule has 0 amide bonds. The van der Waals surface area contributed by atoms with Crippen molar-refractivity contribution in [2.24, 2.45) is 0 Å². The molecule has 6 heteroatoms. The second kappa shape index (κ2) is 3.16. The van der Waals surface area contributed by atoms with Gasteiger partial charge >= 0.3 is 0 Å². The summed E-state index contributed by atoms with van der Waals surface area (Å²) in [6.45, 7) is 1.85. The van der Waals surface area contributed by atoms with Gasteiger partial charge in [-0.1, -0.05) is 0 Å². The standard InChI is InChI=1S/C9H12N2O3S/c1-9(2-3-15(13,14)7-9)11-5-8(6-12)4-10-11/h4-6H,2-3,7H2,1H3/t9-/m1/s1. The molecule has 1 atom stereocenters. The first-order chi connectivity index (χ1) is 6.95. The smallest absolute Gasteiger partial charge is 0.153 e. The number of hydrogen-bond donors (Lipinski definition) is 0. The summed E-state index contributed by atoms with van der Waals surface area (Å²) in [5.74, 6) is 0.291. The molecule has 0 aromatic carbocycles. The number of sulfone groups is 1. The van der Waals surface area contributed by atoms with Gasteiger partial charge in [-0.2, -0.15) is 5.10 Å². The topological polar surface area (TPSA) is 69.0 Å². The van der Waals surface area contributed by atoms with E-state index in [1.54, 1.807) is 10.9 Å². The Morgan fingerprint density at radius 1 is 1.60 bits per heavy atom. The van der Waals surface area contributed by atoms with E-state index in [2.05, 4.69) is 5.10 Å². The maximum atomic E-state index is 11.4. The summed E-state index contributed by atoms with van der Waals surface area (Å²) in [7, 11) is -2.95. The minimum Gasteiger partial charge on any atom is -0.298 e. The minimum absolute atomic E-state index is 0.0972. The number of rotatable bonds is 2. The average molecular weight is 228 g/mol. The third-order valence-electron chi connectivity index (χ3n) is 2.77. The van der Waals surface area contributed by atoms with Gasteiger partial charge in [-0.3, -0.25) is 9.48 Å². The number of carbonyl (C=O) groups excluding carboxylic acids is 1. The van der Waals surface area contributed by atoms with Crippen molar-refractivity contribution in [1.82, 2.24) is 9.78 Å². The van der Waals surface area contributed by atoms with E-state index in [1.807, 2.05) is 6.92 Å². The Labute approximate surface area is 88.0 Å². The molecule has 82 valence electrons. The molecule has 2 rings (SSSR count). The molecule has 5 nitrogen and oxygen atoms in total. The maximum absolute atomic E-state index is 11.4. The molecule has 1 aliphatic heterocycles. The van der Waals surface area contributed by atoms with Gasteiger partial charge in [0.25, 0.3) is 0 Å². The molecule has 1 saturated heterocycles. The second-order valence-corrected chi connectivity index (χ2v) is 6.36. The lowest BCUT2D eigenvalue weighted by Crippen LogP contribution is -2.31. The zero-order chi connectivity index (χ0) is 11.1. The quantitative estimate of drug-likeness (QED) is 0.679. The molecule has 1 aromatic heterocycles. The fraction of sp³-hybridized carbons (Fsp3) is 0.556. The Hall–Kier alpha value is -1.17. The molecule has 0 radical (unpaired) electrons. The zero-order valence-electron chi connectivity index (χ0n) is 8.38. The van der Waals surface area contributed by atoms with E-state index in [1.165, 1.54) is 6.20 Å². The number of aldehydes is 1. The van der Waals surface area contributed by atoms with Crippen molar-refractivity contribution in [1.29, 1.82) is 0 Å². The highest BCUT2D eigenvalue weighted by atomic mass is 32.2. The van der Waals surface area contributed by atoms with Gasteiger partial charge in [-0.05, 0) is 13.3 Å². The number of aromatic nitrogens is 2. The van der Waals surface area contributed by atoms with E-state index in [9.17, 15) is 13.2 Å². The molecular weight excluding hydrogens is 216 g/mol. The molecule has 0 N–H and O–H groups in total. The SMILES string of the molecule is C[C@@]1(n2cc(C=O)cn2)CCS(=O)(=O)C1. The largest absolute Gasteiger partial charge is 0.298 e. The second-order valence-electron chi connectivity index (χ2n) is 4.18. The van der Waals surface area contributed by atoms with Crippen molar-refractivity contribution in [3.63, 3.8) is 0 Å². The van der Waals surface area contributed by atoms with Crippen LogP contribution in [-0.4, -0.2) is 36.0 Å². The van der Waals surface area contributed by atoms with Crippen LogP contribution in [0.4, 0.5) is 0 Å². The molecule has 15 heavy (non-hydrogen) atoms. The summed E-state index contributed by atoms with van der Waals surface area (Å²) in [6.07, 6.45) is 4.29. The molecule has 0 saturated carbocycles. The molecular formula is C9H12N2O3S. The summed E-state index contributed by atoms with van der Waals surface area (Å²) < 4.78 is 24.4. The summed E-state index contributed by atoms with van der Waals surface area (Å²) in [5, 5.41) is 4.03. The fourth-order valence-corrected chi connectivity index (χ4v) is 3.99. The molecule has 0 spiro atoms. The van der Waals surface area contributed by atoms with Gasteiger partial charge in [-0.25, -0.2) is 8.42 Å². The lowest BCUT2D eigenvalue weighted by Gasteiger charge is -2.22. The van der Waals surface area contributed by atoms with Crippen LogP contribution in [0.1, 0.15) is 23.7 Å². The van der Waals surface area contributed by atoms with E-state index >= 15 is 0 Å². The molecule has 2 heterocycles. The summed E-state index contributed by atoms with van der Waals surface area (Å²) in [4.78, 5) is 10.5. The fourth-order valence-electron chi connectivity index (χ4n) is 1.87. The lowest BCUT2D eigenvalue weighted by molar-refractivity contribution is 0.112. The number of carbonyl (C=O) groups is 1. The third-order valence-corrected chi connectivity index (χ3v) is 4.66. The number of hydrogen-bond acceptors (Lipinski definition) is 4. The zero-order valence-corrected chi connectivity index (χ0v) is 9.20. The van der Waals surface area contributed by atoms with Crippen molar-refractivity contribution in [3.8, 4) is 0 Å². The Bertz CT molecular complexity index is 491. The van der Waals surface area contributed by atoms with Crippen molar-refractivity contribution in [3.05, 3.63) is 18.0 Å². The molecule has 1 aliphatic rings. The van der Waals surface area contributed by atoms with Crippen LogP contribution in [0.5, 0.6) is 0 Å². The van der Waals surface area contributed by atoms with E-state index in [4.69, 9.17) is 0 Å². The van der Waals surface area contributed by atoms with Crippen LogP contribution in [0.15, 0.2) is 12.4 Å². The highest BCUT2D eigenvalue weighted by Crippen LogP contribution is 2.29. The van der Waals surface area contributed by atoms with Crippen LogP contribution in [0.25, 0.3) is 0 Å². The maximum Gasteiger partial charge on any atom is 0.153 e. The average Bonchev–Trinajstić information content (AvgIpc) is 2.71. The van der Waals surface area contributed by atoms with E-state index in [0.717, 1.165) is 0 Å². The van der Waals surface area contributed by atoms with Gasteiger partial charge in [0.2, 0.25) is 0 Å². The van der Waals surface area contributed by atoms with Crippen molar-refractivity contribution < 1.29 is 13.2 Å². The first-order valence-corrected chi connectivity index (χ1v) is 6.48. The van der Waals surface area contributed by atoms with Gasteiger partial charge in [0.05, 0.1) is 28.8 Å². The molecule has 1 aromatic rings. The van der Waals surface area contributed by atoms with Gasteiger partial charge in [0.15, 0.2) is 16.1 Å². The first-order valence-electron chi connectivity index (χ1n) is 4.66. The summed E-state index contributed by atoms with van der Waals surface area (Å²) >= 11 is 0. The highest BCUT2D eigenvalue weighted by molar-refractivity contribution is 7.91. The molecule has 0 bridgehead atoms. The van der Waals surface area contributed by atoms with Gasteiger partial charge in [0.1, 0.15) is 0 Å². The van der Waals surface area contributed by atoms with Crippen LogP contribution < -0.4 is 0 Å². The van der Waals surface area contributed by atoms with Gasteiger partial charge < -0.3 is 0 Å². The van der Waals surface area contributed by atoms with Crippen LogP contribution in [-0.2, 0) is 15.4 Å². The Morgan fingerprint density at radius 3 is 2.80 bits per heavy atom. The van der Waals surface area contributed by atoms with Gasteiger partial charge in [-0.15, -0.1) is 0 Å². The first kappa shape index (κ1) is 10.4. The normalized spacial score (nSPS) is 29.1. The highest BCUT2D eigenvalue weighted by Gasteiger charge is 2.40. The van der Waals surface area contributed by atoms with Crippen LogP contribution in [0.2, 0.25) is 0 Å². The van der Waals surface area contributed by atoms with Crippen LogP contribution >= 0.6 is 0 Å². The summed E-state index contributed by atoms with van der Waals surface area (Å²) in [5.41, 5.74) is -0.0272. The lowest BCUT2D eigenvalue weighted by atomic mass is 10.0. The molecule has 0 aliphatic carbocycles. The van der Waals surface area contributed by atoms with E-state index < -0.39 is 15.4 Å². The number of nitrogens with zero attached hydrogens (tertiary/aromatic N) is 2. The Balaban J connectivity index is 2.35. The Kier molecular flexibility index (Phi) is 2.18. The predicted octanol–water partition coefficient (Wildman–Crippen LogP) is 0.229. The van der Waals surface area contributed by atoms with Crippen molar-refractivity contribution in [2.75, 3.05) is 11.5 Å². The third kappa shape index (κ3) is 1.81. The van der Waals surface area contributed by atoms with Crippen LogP contribution in [0, 0.1) is 0 Å². The monoisotopic (exact) mass is 228 g/mol. The van der Waals surface area contributed by atoms with Crippen LogP contribution in [0.3, 0.4) is 0 Å². The van der Waals surface area contributed by atoms with E-state index in [0.29, 0.717) is 18.3 Å². The predicted molar refractivity (Wildman–Crippen MR) is 54.5 cm³/mol. The van der Waals surface area contributed by atoms with Crippen molar-refractivity contribution >= 4 is 16.1 Å².